The summed E-state index contributed by atoms with van der Waals surface area (Å²) in [6, 6.07) is 1.92. The summed E-state index contributed by atoms with van der Waals surface area (Å²) in [4.78, 5) is 27.1. The molecule has 1 aromatic carbocycles. The molecule has 0 saturated carbocycles. The quantitative estimate of drug-likeness (QED) is 0.299. The zero-order valence-corrected chi connectivity index (χ0v) is 19.6. The number of nitrogens with two attached hydrogens (primary N) is 1. The number of halogens is 3. The first-order valence-corrected chi connectivity index (χ1v) is 11.7. The number of alkyl halides is 1. The Bertz CT molecular complexity index is 1410. The number of ether oxygens (including phenoxy) is 1. The summed E-state index contributed by atoms with van der Waals surface area (Å²) in [6.07, 6.45) is 3.28. The van der Waals surface area contributed by atoms with E-state index in [1.54, 1.807) is 17.8 Å². The highest BCUT2D eigenvalue weighted by molar-refractivity contribution is 7.13. The zero-order chi connectivity index (χ0) is 24.8. The number of carbonyl (C=O) groups excluding carboxylic acids is 1. The first-order chi connectivity index (χ1) is 17.0. The number of hydrogen-bond donors (Lipinski definition) is 1. The predicted molar refractivity (Wildman–Crippen MR) is 120 cm³/mol. The van der Waals surface area contributed by atoms with Crippen molar-refractivity contribution in [3.8, 4) is 27.4 Å². The van der Waals surface area contributed by atoms with Crippen LogP contribution in [0.2, 0.25) is 0 Å². The molecule has 4 aromatic heterocycles. The van der Waals surface area contributed by atoms with Gasteiger partial charge in [0.25, 0.3) is 11.8 Å². The number of carbonyl (C=O) groups is 1. The molecule has 0 aliphatic rings. The van der Waals surface area contributed by atoms with Crippen LogP contribution in [0.25, 0.3) is 21.7 Å². The van der Waals surface area contributed by atoms with Crippen molar-refractivity contribution in [1.29, 1.82) is 0 Å². The van der Waals surface area contributed by atoms with E-state index in [4.69, 9.17) is 31.1 Å². The molecule has 11 nitrogen and oxygen atoms in total. The van der Waals surface area contributed by atoms with E-state index < -0.39 is 23.1 Å². The van der Waals surface area contributed by atoms with Crippen LogP contribution in [0.1, 0.15) is 22.1 Å². The average molecular weight is 540 g/mol. The Kier molecular flexibility index (Phi) is 7.69. The Balaban J connectivity index is 0.000000201. The van der Waals surface area contributed by atoms with Crippen molar-refractivity contribution < 1.29 is 27.4 Å². The molecule has 0 aliphatic heterocycles. The number of hydrogen-bond acceptors (Lipinski definition) is 12. The maximum Gasteiger partial charge on any atom is 0.264 e. The van der Waals surface area contributed by atoms with E-state index in [1.165, 1.54) is 22.7 Å². The SMILES string of the molecule is ClCc1nc(-c2nccs2)no1.NC(=O)c1c(F)ccc(OCc2nc(-c3nccs3)no2)c1F. The Hall–Kier alpha value is -3.82. The third-order valence-electron chi connectivity index (χ3n) is 3.95. The van der Waals surface area contributed by atoms with Crippen molar-refractivity contribution in [2.45, 2.75) is 12.5 Å². The number of thiazole rings is 2. The van der Waals surface area contributed by atoms with Crippen LogP contribution >= 0.6 is 34.3 Å². The number of benzene rings is 1. The lowest BCUT2D eigenvalue weighted by molar-refractivity contribution is 0.0991. The number of rotatable bonds is 7. The van der Waals surface area contributed by atoms with Crippen molar-refractivity contribution in [3.05, 3.63) is 64.3 Å². The molecule has 2 N–H and O–H groups in total. The number of nitrogens with zero attached hydrogens (tertiary/aromatic N) is 6. The summed E-state index contributed by atoms with van der Waals surface area (Å²) in [7, 11) is 0. The lowest BCUT2D eigenvalue weighted by atomic mass is 10.1. The fourth-order valence-electron chi connectivity index (χ4n) is 2.47. The van der Waals surface area contributed by atoms with Crippen LogP contribution in [0.3, 0.4) is 0 Å². The second-order valence-electron chi connectivity index (χ2n) is 6.22. The lowest BCUT2D eigenvalue weighted by Crippen LogP contribution is -2.16. The maximum atomic E-state index is 14.0. The van der Waals surface area contributed by atoms with E-state index in [-0.39, 0.29) is 30.0 Å². The first-order valence-electron chi connectivity index (χ1n) is 9.37. The average Bonchev–Trinajstić information content (AvgIpc) is 3.65. The summed E-state index contributed by atoms with van der Waals surface area (Å²) >= 11 is 8.27. The molecule has 0 spiro atoms. The standard InChI is InChI=1S/C13H8F2N4O3S.C6H4ClN3OS/c14-6-1-2-7(10(15)9(6)11(16)20)21-5-8-18-12(19-22-8)13-17-3-4-23-13;7-3-4-9-5(10-11-4)6-8-1-2-12-6/h1-4H,5H2,(H2,16,20);1-2H,3H2. The number of aromatic nitrogens is 6. The van der Waals surface area contributed by atoms with Crippen molar-refractivity contribution in [2.24, 2.45) is 5.73 Å². The molecule has 4 heterocycles. The van der Waals surface area contributed by atoms with E-state index in [0.29, 0.717) is 16.7 Å². The molecule has 0 aliphatic carbocycles. The van der Waals surface area contributed by atoms with Crippen LogP contribution in [0.4, 0.5) is 8.78 Å². The van der Waals surface area contributed by atoms with Gasteiger partial charge in [0.05, 0.1) is 0 Å². The van der Waals surface area contributed by atoms with Crippen LogP contribution in [-0.4, -0.2) is 36.2 Å². The van der Waals surface area contributed by atoms with Crippen molar-refractivity contribution >= 4 is 40.2 Å². The van der Waals surface area contributed by atoms with Crippen LogP contribution in [0.15, 0.2) is 44.3 Å². The van der Waals surface area contributed by atoms with Crippen molar-refractivity contribution in [3.63, 3.8) is 0 Å². The van der Waals surface area contributed by atoms with Crippen LogP contribution in [0.5, 0.6) is 5.75 Å². The van der Waals surface area contributed by atoms with Gasteiger partial charge in [0.15, 0.2) is 28.2 Å². The topological polar surface area (TPSA) is 156 Å². The molecule has 5 rings (SSSR count). The second-order valence-corrected chi connectivity index (χ2v) is 8.28. The second kappa shape index (κ2) is 11.1. The molecule has 0 bridgehead atoms. The lowest BCUT2D eigenvalue weighted by Gasteiger charge is -2.07. The van der Waals surface area contributed by atoms with Crippen molar-refractivity contribution in [1.82, 2.24) is 30.2 Å². The maximum absolute atomic E-state index is 14.0. The minimum Gasteiger partial charge on any atom is -0.481 e. The van der Waals surface area contributed by atoms with Crippen LogP contribution in [0, 0.1) is 11.6 Å². The van der Waals surface area contributed by atoms with Gasteiger partial charge in [-0.3, -0.25) is 4.79 Å². The number of amides is 1. The molecule has 0 atom stereocenters. The third kappa shape index (κ3) is 5.82. The summed E-state index contributed by atoms with van der Waals surface area (Å²) in [5.74, 6) is -2.33. The highest BCUT2D eigenvalue weighted by Gasteiger charge is 2.20. The highest BCUT2D eigenvalue weighted by atomic mass is 35.5. The molecule has 0 unspecified atom stereocenters. The van der Waals surface area contributed by atoms with Gasteiger partial charge in [0.2, 0.25) is 17.5 Å². The molecule has 1 amide bonds. The fraction of sp³-hybridized carbons (Fsp3) is 0.105. The smallest absolute Gasteiger partial charge is 0.264 e. The first kappa shape index (κ1) is 24.3. The minimum atomic E-state index is -1.23. The van der Waals surface area contributed by atoms with Gasteiger partial charge in [0, 0.05) is 23.2 Å². The van der Waals surface area contributed by atoms with Gasteiger partial charge in [-0.2, -0.15) is 9.97 Å². The van der Waals surface area contributed by atoms with E-state index in [2.05, 4.69) is 30.2 Å². The molecule has 0 fully saturated rings. The van der Waals surface area contributed by atoms with E-state index in [9.17, 15) is 13.6 Å². The Morgan fingerprint density at radius 1 is 1.00 bits per heavy atom. The van der Waals surface area contributed by atoms with Crippen LogP contribution in [-0.2, 0) is 12.5 Å². The predicted octanol–water partition coefficient (Wildman–Crippen LogP) is 4.08. The third-order valence-corrected chi connectivity index (χ3v) is 5.72. The number of primary amides is 1. The molecular formula is C19H12ClF2N7O4S2. The van der Waals surface area contributed by atoms with Gasteiger partial charge in [-0.25, -0.2) is 18.7 Å². The Morgan fingerprint density at radius 3 is 2.11 bits per heavy atom. The van der Waals surface area contributed by atoms with Gasteiger partial charge in [-0.1, -0.05) is 10.3 Å². The van der Waals surface area contributed by atoms with Crippen LogP contribution < -0.4 is 10.5 Å². The van der Waals surface area contributed by atoms with Gasteiger partial charge in [0.1, 0.15) is 17.3 Å². The van der Waals surface area contributed by atoms with Gasteiger partial charge in [-0.05, 0) is 12.1 Å². The van der Waals surface area contributed by atoms with Gasteiger partial charge < -0.3 is 19.5 Å². The monoisotopic (exact) mass is 539 g/mol. The van der Waals surface area contributed by atoms with Crippen molar-refractivity contribution in [2.75, 3.05) is 0 Å². The molecular weight excluding hydrogens is 528 g/mol. The molecule has 5 aromatic rings. The van der Waals surface area contributed by atoms with Gasteiger partial charge >= 0.3 is 0 Å². The largest absolute Gasteiger partial charge is 0.481 e. The summed E-state index contributed by atoms with van der Waals surface area (Å²) in [6.45, 7) is -0.265. The molecule has 16 heteroatoms. The zero-order valence-electron chi connectivity index (χ0n) is 17.2. The van der Waals surface area contributed by atoms with E-state index in [0.717, 1.165) is 17.1 Å². The normalized spacial score (nSPS) is 10.6. The molecule has 0 saturated heterocycles. The van der Waals surface area contributed by atoms with E-state index >= 15 is 0 Å². The molecule has 180 valence electrons. The summed E-state index contributed by atoms with van der Waals surface area (Å²) in [5.41, 5.74) is 4.06. The molecule has 0 radical (unpaired) electrons. The minimum absolute atomic E-state index is 0.0690. The Labute approximate surface area is 207 Å². The fourth-order valence-corrected chi connectivity index (χ4v) is 3.70. The molecule has 35 heavy (non-hydrogen) atoms. The van der Waals surface area contributed by atoms with E-state index in [1.807, 2.05) is 5.38 Å². The van der Waals surface area contributed by atoms with Gasteiger partial charge in [-0.15, -0.1) is 34.3 Å². The Morgan fingerprint density at radius 2 is 1.60 bits per heavy atom. The summed E-state index contributed by atoms with van der Waals surface area (Å²) in [5, 5.41) is 12.3. The highest BCUT2D eigenvalue weighted by Crippen LogP contribution is 2.24. The summed E-state index contributed by atoms with van der Waals surface area (Å²) < 4.78 is 42.2.